The first kappa shape index (κ1) is 11.8. The normalized spacial score (nSPS) is 31.8. The van der Waals surface area contributed by atoms with E-state index in [0.29, 0.717) is 6.54 Å². The molecule has 0 aliphatic carbocycles. The first-order valence-corrected chi connectivity index (χ1v) is 6.06. The van der Waals surface area contributed by atoms with Crippen molar-refractivity contribution >= 4 is 5.91 Å². The first-order chi connectivity index (χ1) is 7.81. The van der Waals surface area contributed by atoms with E-state index in [-0.39, 0.29) is 18.6 Å². The van der Waals surface area contributed by atoms with E-state index in [9.17, 15) is 4.79 Å². The summed E-state index contributed by atoms with van der Waals surface area (Å²) in [5.74, 6) is 0.00972. The molecule has 0 aromatic heterocycles. The molecule has 2 rings (SSSR count). The number of aliphatic hydroxyl groups excluding tert-OH is 1. The third-order valence-corrected chi connectivity index (χ3v) is 3.24. The lowest BCUT2D eigenvalue weighted by Gasteiger charge is -2.25. The summed E-state index contributed by atoms with van der Waals surface area (Å²) in [6.07, 6.45) is 3.27. The van der Waals surface area contributed by atoms with Crippen LogP contribution in [0.1, 0.15) is 19.3 Å². The predicted molar refractivity (Wildman–Crippen MR) is 59.0 cm³/mol. The van der Waals surface area contributed by atoms with Gasteiger partial charge in [-0.25, -0.2) is 0 Å². The summed E-state index contributed by atoms with van der Waals surface area (Å²) in [5.41, 5.74) is 0. The lowest BCUT2D eigenvalue weighted by Crippen LogP contribution is -2.47. The molecule has 1 amide bonds. The van der Waals surface area contributed by atoms with Gasteiger partial charge in [-0.05, 0) is 25.8 Å². The zero-order chi connectivity index (χ0) is 11.4. The van der Waals surface area contributed by atoms with Crippen LogP contribution in [0, 0.1) is 0 Å². The number of ether oxygens (including phenoxy) is 1. The number of hydrogen-bond acceptors (Lipinski definition) is 4. The van der Waals surface area contributed by atoms with Gasteiger partial charge in [0.25, 0.3) is 0 Å². The standard InChI is InChI=1S/C11H20N2O3/c14-8-10-11(15)13(5-2-4-12-10)7-9-3-1-6-16-9/h9-10,12,14H,1-8H2. The third-order valence-electron chi connectivity index (χ3n) is 3.24. The molecule has 5 heteroatoms. The Balaban J connectivity index is 1.92. The third kappa shape index (κ3) is 2.72. The fraction of sp³-hybridized carbons (Fsp3) is 0.909. The minimum Gasteiger partial charge on any atom is -0.394 e. The van der Waals surface area contributed by atoms with Gasteiger partial charge in [-0.15, -0.1) is 0 Å². The van der Waals surface area contributed by atoms with Crippen molar-refractivity contribution in [2.24, 2.45) is 0 Å². The monoisotopic (exact) mass is 228 g/mol. The van der Waals surface area contributed by atoms with Gasteiger partial charge >= 0.3 is 0 Å². The number of rotatable bonds is 3. The van der Waals surface area contributed by atoms with Crippen LogP contribution in [0.2, 0.25) is 0 Å². The van der Waals surface area contributed by atoms with E-state index in [1.165, 1.54) is 0 Å². The molecule has 2 aliphatic rings. The van der Waals surface area contributed by atoms with Crippen molar-refractivity contribution in [2.45, 2.75) is 31.4 Å². The molecule has 0 aromatic rings. The number of nitrogens with zero attached hydrogens (tertiary/aromatic N) is 1. The number of hydrogen-bond donors (Lipinski definition) is 2. The molecule has 2 aliphatic heterocycles. The molecule has 0 bridgehead atoms. The van der Waals surface area contributed by atoms with E-state index in [1.54, 1.807) is 0 Å². The van der Waals surface area contributed by atoms with Crippen LogP contribution in [0.15, 0.2) is 0 Å². The summed E-state index contributed by atoms with van der Waals surface area (Å²) in [6, 6.07) is -0.427. The molecule has 2 atom stereocenters. The van der Waals surface area contributed by atoms with Crippen molar-refractivity contribution < 1.29 is 14.6 Å². The van der Waals surface area contributed by atoms with Gasteiger partial charge in [-0.2, -0.15) is 0 Å². The average Bonchev–Trinajstić information content (AvgIpc) is 2.73. The van der Waals surface area contributed by atoms with Crippen LogP contribution in [-0.4, -0.2) is 60.9 Å². The molecule has 2 unspecified atom stereocenters. The van der Waals surface area contributed by atoms with Crippen molar-refractivity contribution in [1.82, 2.24) is 10.2 Å². The van der Waals surface area contributed by atoms with Gasteiger partial charge in [0.05, 0.1) is 12.7 Å². The summed E-state index contributed by atoms with van der Waals surface area (Å²) < 4.78 is 5.54. The van der Waals surface area contributed by atoms with Crippen LogP contribution in [0.5, 0.6) is 0 Å². The molecule has 92 valence electrons. The second kappa shape index (κ2) is 5.61. The summed E-state index contributed by atoms with van der Waals surface area (Å²) in [6.45, 7) is 2.92. The van der Waals surface area contributed by atoms with E-state index in [2.05, 4.69) is 5.32 Å². The smallest absolute Gasteiger partial charge is 0.242 e. The van der Waals surface area contributed by atoms with E-state index in [0.717, 1.165) is 39.0 Å². The van der Waals surface area contributed by atoms with Crippen LogP contribution in [0.4, 0.5) is 0 Å². The highest BCUT2D eigenvalue weighted by atomic mass is 16.5. The maximum atomic E-state index is 12.0. The summed E-state index contributed by atoms with van der Waals surface area (Å²) in [7, 11) is 0. The van der Waals surface area contributed by atoms with Crippen molar-refractivity contribution in [3.8, 4) is 0 Å². The minimum atomic E-state index is -0.427. The Hall–Kier alpha value is -0.650. The Kier molecular flexibility index (Phi) is 4.15. The molecule has 2 fully saturated rings. The molecule has 0 saturated carbocycles. The van der Waals surface area contributed by atoms with Gasteiger partial charge in [-0.3, -0.25) is 4.79 Å². The Morgan fingerprint density at radius 3 is 3.06 bits per heavy atom. The van der Waals surface area contributed by atoms with Crippen LogP contribution >= 0.6 is 0 Å². The van der Waals surface area contributed by atoms with Gasteiger partial charge in [0.15, 0.2) is 0 Å². The number of carbonyl (C=O) groups is 1. The molecule has 2 saturated heterocycles. The summed E-state index contributed by atoms with van der Waals surface area (Å²) in [5, 5.41) is 12.2. The van der Waals surface area contributed by atoms with E-state index >= 15 is 0 Å². The maximum Gasteiger partial charge on any atom is 0.242 e. The van der Waals surface area contributed by atoms with Crippen LogP contribution < -0.4 is 5.32 Å². The first-order valence-electron chi connectivity index (χ1n) is 6.06. The highest BCUT2D eigenvalue weighted by molar-refractivity contribution is 5.82. The number of carbonyl (C=O) groups excluding carboxylic acids is 1. The van der Waals surface area contributed by atoms with Crippen molar-refractivity contribution in [1.29, 1.82) is 0 Å². The predicted octanol–water partition coefficient (Wildman–Crippen LogP) is -0.652. The second-order valence-corrected chi connectivity index (χ2v) is 4.46. The van der Waals surface area contributed by atoms with Crippen molar-refractivity contribution in [3.05, 3.63) is 0 Å². The lowest BCUT2D eigenvalue weighted by atomic mass is 10.2. The number of amides is 1. The van der Waals surface area contributed by atoms with E-state index in [4.69, 9.17) is 9.84 Å². The second-order valence-electron chi connectivity index (χ2n) is 4.46. The quantitative estimate of drug-likeness (QED) is 0.674. The molecule has 2 heterocycles. The van der Waals surface area contributed by atoms with Gasteiger partial charge in [0.1, 0.15) is 6.04 Å². The van der Waals surface area contributed by atoms with Crippen molar-refractivity contribution in [2.75, 3.05) is 32.8 Å². The Bertz CT molecular complexity index is 241. The van der Waals surface area contributed by atoms with Crippen LogP contribution in [0.25, 0.3) is 0 Å². The number of aliphatic hydroxyl groups is 1. The van der Waals surface area contributed by atoms with E-state index in [1.807, 2.05) is 4.90 Å². The van der Waals surface area contributed by atoms with Gasteiger partial charge in [0, 0.05) is 19.7 Å². The highest BCUT2D eigenvalue weighted by Crippen LogP contribution is 2.14. The fourth-order valence-corrected chi connectivity index (χ4v) is 2.32. The van der Waals surface area contributed by atoms with Gasteiger partial charge in [-0.1, -0.05) is 0 Å². The fourth-order valence-electron chi connectivity index (χ4n) is 2.32. The Morgan fingerprint density at radius 2 is 2.38 bits per heavy atom. The zero-order valence-electron chi connectivity index (χ0n) is 9.52. The molecule has 2 N–H and O–H groups in total. The van der Waals surface area contributed by atoms with Gasteiger partial charge < -0.3 is 20.1 Å². The largest absolute Gasteiger partial charge is 0.394 e. The van der Waals surface area contributed by atoms with Crippen LogP contribution in [-0.2, 0) is 9.53 Å². The molecular formula is C11H20N2O3. The van der Waals surface area contributed by atoms with Crippen LogP contribution in [0.3, 0.4) is 0 Å². The van der Waals surface area contributed by atoms with Gasteiger partial charge in [0.2, 0.25) is 5.91 Å². The molecule has 0 spiro atoms. The highest BCUT2D eigenvalue weighted by Gasteiger charge is 2.28. The van der Waals surface area contributed by atoms with Crippen molar-refractivity contribution in [3.63, 3.8) is 0 Å². The Labute approximate surface area is 95.8 Å². The Morgan fingerprint density at radius 1 is 1.50 bits per heavy atom. The molecule has 5 nitrogen and oxygen atoms in total. The topological polar surface area (TPSA) is 61.8 Å². The number of nitrogens with one attached hydrogen (secondary N) is 1. The average molecular weight is 228 g/mol. The molecular weight excluding hydrogens is 208 g/mol. The van der Waals surface area contributed by atoms with E-state index < -0.39 is 6.04 Å². The molecule has 0 radical (unpaired) electrons. The SMILES string of the molecule is O=C1C(CO)NCCCN1CC1CCCO1. The zero-order valence-corrected chi connectivity index (χ0v) is 9.52. The lowest BCUT2D eigenvalue weighted by molar-refractivity contribution is -0.135. The summed E-state index contributed by atoms with van der Waals surface area (Å²) in [4.78, 5) is 13.8. The molecule has 0 aromatic carbocycles. The minimum absolute atomic E-state index is 0.00972. The molecule has 16 heavy (non-hydrogen) atoms. The maximum absolute atomic E-state index is 12.0. The summed E-state index contributed by atoms with van der Waals surface area (Å²) >= 11 is 0.